The molecule has 2 aromatic carbocycles. The lowest BCUT2D eigenvalue weighted by Gasteiger charge is -2.00. The molecule has 0 bridgehead atoms. The summed E-state index contributed by atoms with van der Waals surface area (Å²) in [6.07, 6.45) is 0. The smallest absolute Gasteiger partial charge is 0.338 e. The van der Waals surface area contributed by atoms with Crippen molar-refractivity contribution in [2.45, 2.75) is 0 Å². The minimum absolute atomic E-state index is 0.200. The van der Waals surface area contributed by atoms with Gasteiger partial charge in [-0.15, -0.1) is 0 Å². The van der Waals surface area contributed by atoms with Gasteiger partial charge in [0.2, 0.25) is 0 Å². The molecule has 0 aliphatic rings. The monoisotopic (exact) mass is 352 g/mol. The van der Waals surface area contributed by atoms with E-state index in [2.05, 4.69) is 25.9 Å². The summed E-state index contributed by atoms with van der Waals surface area (Å²) in [6, 6.07) is 6.85. The molecule has 4 nitrogen and oxygen atoms in total. The van der Waals surface area contributed by atoms with Crippen molar-refractivity contribution in [3.63, 3.8) is 0 Å². The van der Waals surface area contributed by atoms with E-state index in [1.807, 2.05) is 0 Å². The average Bonchev–Trinajstić information content (AvgIpc) is 2.83. The lowest BCUT2D eigenvalue weighted by Crippen LogP contribution is -1.99. The van der Waals surface area contributed by atoms with Crippen LogP contribution in [0.3, 0.4) is 0 Å². The average molecular weight is 353 g/mol. The number of aromatic nitrogens is 2. The number of benzene rings is 2. The number of hydrogen-bond donors (Lipinski definition) is 2. The summed E-state index contributed by atoms with van der Waals surface area (Å²) >= 11 is 3.08. The fourth-order valence-electron chi connectivity index (χ4n) is 2.01. The van der Waals surface area contributed by atoms with E-state index < -0.39 is 23.2 Å². The quantitative estimate of drug-likeness (QED) is 0.733. The number of nitrogens with zero attached hydrogens (tertiary/aromatic N) is 1. The van der Waals surface area contributed by atoms with Crippen molar-refractivity contribution in [1.82, 2.24) is 9.97 Å². The fourth-order valence-corrected chi connectivity index (χ4v) is 2.37. The highest BCUT2D eigenvalue weighted by Crippen LogP contribution is 2.28. The molecule has 0 spiro atoms. The van der Waals surface area contributed by atoms with Gasteiger partial charge < -0.3 is 10.1 Å². The van der Waals surface area contributed by atoms with E-state index in [1.54, 1.807) is 12.1 Å². The van der Waals surface area contributed by atoms with Gasteiger partial charge in [-0.05, 0) is 34.1 Å². The van der Waals surface area contributed by atoms with Gasteiger partial charge in [0.1, 0.15) is 17.5 Å². The van der Waals surface area contributed by atoms with Crippen LogP contribution in [0.2, 0.25) is 0 Å². The molecule has 0 saturated carbocycles. The Kier molecular flexibility index (Phi) is 3.21. The molecule has 3 rings (SSSR count). The first-order valence-electron chi connectivity index (χ1n) is 5.84. The summed E-state index contributed by atoms with van der Waals surface area (Å²) < 4.78 is 27.9. The Labute approximate surface area is 125 Å². The third-order valence-corrected chi connectivity index (χ3v) is 3.62. The highest BCUT2D eigenvalue weighted by atomic mass is 79.9. The van der Waals surface area contributed by atoms with Crippen molar-refractivity contribution in [2.75, 3.05) is 0 Å². The van der Waals surface area contributed by atoms with Gasteiger partial charge in [-0.1, -0.05) is 6.07 Å². The Bertz CT molecular complexity index is 877. The number of H-pyrrole nitrogens is 1. The topological polar surface area (TPSA) is 66.0 Å². The molecule has 21 heavy (non-hydrogen) atoms. The zero-order valence-corrected chi connectivity index (χ0v) is 11.9. The van der Waals surface area contributed by atoms with Crippen LogP contribution < -0.4 is 0 Å². The van der Waals surface area contributed by atoms with E-state index in [0.717, 1.165) is 12.1 Å². The lowest BCUT2D eigenvalue weighted by atomic mass is 10.2. The maximum absolute atomic E-state index is 14.0. The van der Waals surface area contributed by atoms with Gasteiger partial charge in [-0.2, -0.15) is 0 Å². The fraction of sp³-hybridized carbons (Fsp3) is 0. The van der Waals surface area contributed by atoms with Crippen molar-refractivity contribution in [3.05, 3.63) is 52.0 Å². The molecular weight excluding hydrogens is 346 g/mol. The first-order chi connectivity index (χ1) is 9.97. The minimum atomic E-state index is -1.38. The van der Waals surface area contributed by atoms with Crippen molar-refractivity contribution in [3.8, 4) is 11.4 Å². The van der Waals surface area contributed by atoms with Crippen LogP contribution in [0.25, 0.3) is 22.4 Å². The van der Waals surface area contributed by atoms with Crippen LogP contribution in [0.1, 0.15) is 10.4 Å². The van der Waals surface area contributed by atoms with Crippen molar-refractivity contribution >= 4 is 32.9 Å². The molecule has 0 aliphatic carbocycles. The molecule has 0 fully saturated rings. The molecule has 1 aromatic heterocycles. The van der Waals surface area contributed by atoms with Gasteiger partial charge in [0.15, 0.2) is 0 Å². The molecule has 1 heterocycles. The Balaban J connectivity index is 2.22. The Morgan fingerprint density at radius 2 is 2.05 bits per heavy atom. The van der Waals surface area contributed by atoms with E-state index in [4.69, 9.17) is 5.11 Å². The summed E-state index contributed by atoms with van der Waals surface area (Å²) in [5.74, 6) is -2.56. The normalized spacial score (nSPS) is 11.0. The minimum Gasteiger partial charge on any atom is -0.478 e. The molecular formula is C14H7BrF2N2O2. The number of carboxylic acids is 1. The number of rotatable bonds is 2. The van der Waals surface area contributed by atoms with Crippen molar-refractivity contribution in [1.29, 1.82) is 0 Å². The SMILES string of the molecule is O=C(O)c1cc2nc(-c3cccc(Br)c3F)[nH]c2cc1F. The van der Waals surface area contributed by atoms with E-state index in [9.17, 15) is 13.6 Å². The second kappa shape index (κ2) is 4.92. The largest absolute Gasteiger partial charge is 0.478 e. The highest BCUT2D eigenvalue weighted by Gasteiger charge is 2.16. The third kappa shape index (κ3) is 2.29. The summed E-state index contributed by atoms with van der Waals surface area (Å²) in [6.45, 7) is 0. The van der Waals surface area contributed by atoms with E-state index in [-0.39, 0.29) is 21.4 Å². The second-order valence-corrected chi connectivity index (χ2v) is 5.20. The number of nitrogens with one attached hydrogen (secondary N) is 1. The maximum atomic E-state index is 14.0. The Hall–Kier alpha value is -2.28. The highest BCUT2D eigenvalue weighted by molar-refractivity contribution is 9.10. The third-order valence-electron chi connectivity index (χ3n) is 3.01. The predicted octanol–water partition coefficient (Wildman–Crippen LogP) is 3.97. The maximum Gasteiger partial charge on any atom is 0.338 e. The number of carboxylic acid groups (broad SMARTS) is 1. The second-order valence-electron chi connectivity index (χ2n) is 4.34. The summed E-state index contributed by atoms with van der Waals surface area (Å²) in [5.41, 5.74) is 0.281. The Morgan fingerprint density at radius 1 is 1.29 bits per heavy atom. The Morgan fingerprint density at radius 3 is 2.76 bits per heavy atom. The van der Waals surface area contributed by atoms with Crippen molar-refractivity contribution < 1.29 is 18.7 Å². The molecule has 0 aliphatic heterocycles. The summed E-state index contributed by atoms with van der Waals surface area (Å²) in [5, 5.41) is 8.89. The van der Waals surface area contributed by atoms with Crippen LogP contribution in [0.15, 0.2) is 34.8 Å². The number of halogens is 3. The van der Waals surface area contributed by atoms with Gasteiger partial charge in [0, 0.05) is 6.07 Å². The zero-order chi connectivity index (χ0) is 15.1. The van der Waals surface area contributed by atoms with Crippen LogP contribution in [-0.2, 0) is 0 Å². The van der Waals surface area contributed by atoms with Gasteiger partial charge in [0.05, 0.1) is 26.6 Å². The predicted molar refractivity (Wildman–Crippen MR) is 76.1 cm³/mol. The molecule has 2 N–H and O–H groups in total. The molecule has 0 atom stereocenters. The summed E-state index contributed by atoms with van der Waals surface area (Å²) in [4.78, 5) is 17.8. The van der Waals surface area contributed by atoms with Gasteiger partial charge in [0.25, 0.3) is 0 Å². The van der Waals surface area contributed by atoms with Gasteiger partial charge in [-0.3, -0.25) is 0 Å². The van der Waals surface area contributed by atoms with Gasteiger partial charge in [-0.25, -0.2) is 18.6 Å². The number of hydrogen-bond acceptors (Lipinski definition) is 2. The molecule has 3 aromatic rings. The zero-order valence-electron chi connectivity index (χ0n) is 10.3. The molecule has 0 unspecified atom stereocenters. The number of aromatic carboxylic acids is 1. The molecule has 106 valence electrons. The van der Waals surface area contributed by atoms with Gasteiger partial charge >= 0.3 is 5.97 Å². The first-order valence-corrected chi connectivity index (χ1v) is 6.63. The first kappa shape index (κ1) is 13.7. The standard InChI is InChI=1S/C14H7BrF2N2O2/c15-8-3-1-2-6(12(8)17)13-18-10-4-7(14(20)21)9(16)5-11(10)19-13/h1-5H,(H,18,19)(H,20,21). The number of aromatic amines is 1. The van der Waals surface area contributed by atoms with E-state index in [1.165, 1.54) is 6.07 Å². The van der Waals surface area contributed by atoms with E-state index in [0.29, 0.717) is 5.52 Å². The number of imidazole rings is 1. The summed E-state index contributed by atoms with van der Waals surface area (Å²) in [7, 11) is 0. The number of carbonyl (C=O) groups is 1. The van der Waals surface area contributed by atoms with Crippen molar-refractivity contribution in [2.24, 2.45) is 0 Å². The van der Waals surface area contributed by atoms with Crippen LogP contribution in [0, 0.1) is 11.6 Å². The van der Waals surface area contributed by atoms with E-state index >= 15 is 0 Å². The number of fused-ring (bicyclic) bond motifs is 1. The lowest BCUT2D eigenvalue weighted by molar-refractivity contribution is 0.0692. The van der Waals surface area contributed by atoms with Crippen LogP contribution in [0.5, 0.6) is 0 Å². The molecule has 0 saturated heterocycles. The molecule has 0 radical (unpaired) electrons. The molecule has 7 heteroatoms. The molecule has 0 amide bonds. The van der Waals surface area contributed by atoms with Crippen LogP contribution >= 0.6 is 15.9 Å². The van der Waals surface area contributed by atoms with Crippen LogP contribution in [0.4, 0.5) is 8.78 Å². The van der Waals surface area contributed by atoms with Crippen LogP contribution in [-0.4, -0.2) is 21.0 Å².